The number of carboxylic acids is 1. The normalized spacial score (nSPS) is 18.8. The first-order valence-electron chi connectivity index (χ1n) is 12.3. The number of rotatable bonds is 10. The summed E-state index contributed by atoms with van der Waals surface area (Å²) in [6.07, 6.45) is 1.71. The molecular weight excluding hydrogens is 424 g/mol. The lowest BCUT2D eigenvalue weighted by molar-refractivity contribution is -0.137. The van der Waals surface area contributed by atoms with Gasteiger partial charge in [-0.15, -0.1) is 0 Å². The molecule has 2 N–H and O–H groups in total. The van der Waals surface area contributed by atoms with Crippen LogP contribution in [0.15, 0.2) is 72.8 Å². The predicted octanol–water partition coefficient (Wildman–Crippen LogP) is 5.38. The summed E-state index contributed by atoms with van der Waals surface area (Å²) in [7, 11) is 0. The van der Waals surface area contributed by atoms with E-state index in [1.165, 1.54) is 21.9 Å². The second kappa shape index (κ2) is 11.3. The maximum absolute atomic E-state index is 12.9. The van der Waals surface area contributed by atoms with Crippen molar-refractivity contribution in [3.8, 4) is 0 Å². The Morgan fingerprint density at radius 2 is 1.65 bits per heavy atom. The van der Waals surface area contributed by atoms with Crippen molar-refractivity contribution in [3.05, 3.63) is 83.9 Å². The third kappa shape index (κ3) is 5.84. The maximum Gasteiger partial charge on any atom is 0.303 e. The van der Waals surface area contributed by atoms with Crippen LogP contribution in [0, 0.1) is 5.92 Å². The van der Waals surface area contributed by atoms with E-state index in [2.05, 4.69) is 79.0 Å². The molecule has 5 heteroatoms. The number of nitrogens with one attached hydrogen (secondary N) is 1. The molecule has 0 aromatic heterocycles. The molecule has 1 amide bonds. The zero-order valence-corrected chi connectivity index (χ0v) is 19.8. The molecule has 0 saturated carbocycles. The molecule has 1 aliphatic rings. The molecule has 1 fully saturated rings. The van der Waals surface area contributed by atoms with E-state index in [9.17, 15) is 9.59 Å². The first-order valence-corrected chi connectivity index (χ1v) is 12.3. The standard InChI is InChI=1S/C29H34N2O3/c1-21(25-15-9-13-22-12-5-6-14-26(22)25)30-18-24-19-31(28(32)16-7-8-17-29(33)34)20-27(24)23-10-3-2-4-11-23/h2-6,9-15,21,24,27,30H,7-8,16-20H2,1H3,(H,33,34)/t21-,24+,27-/m1/s1. The Morgan fingerprint density at radius 1 is 0.941 bits per heavy atom. The van der Waals surface area contributed by atoms with Crippen LogP contribution >= 0.6 is 0 Å². The molecule has 0 aliphatic carbocycles. The van der Waals surface area contributed by atoms with Gasteiger partial charge in [-0.25, -0.2) is 0 Å². The fourth-order valence-electron chi connectivity index (χ4n) is 5.14. The van der Waals surface area contributed by atoms with Gasteiger partial charge in [-0.05, 0) is 47.6 Å². The molecular formula is C29H34N2O3. The van der Waals surface area contributed by atoms with Crippen LogP contribution in [-0.4, -0.2) is 41.5 Å². The van der Waals surface area contributed by atoms with Crippen molar-refractivity contribution >= 4 is 22.6 Å². The molecule has 0 spiro atoms. The number of likely N-dealkylation sites (tertiary alicyclic amines) is 1. The van der Waals surface area contributed by atoms with Gasteiger partial charge in [0, 0.05) is 44.4 Å². The molecule has 1 aliphatic heterocycles. The molecule has 3 atom stereocenters. The summed E-state index contributed by atoms with van der Waals surface area (Å²) in [6, 6.07) is 25.6. The number of carboxylic acid groups (broad SMARTS) is 1. The van der Waals surface area contributed by atoms with E-state index >= 15 is 0 Å². The van der Waals surface area contributed by atoms with Gasteiger partial charge in [-0.1, -0.05) is 72.8 Å². The van der Waals surface area contributed by atoms with E-state index in [1.54, 1.807) is 0 Å². The fraction of sp³-hybridized carbons (Fsp3) is 0.379. The van der Waals surface area contributed by atoms with Gasteiger partial charge in [0.2, 0.25) is 5.91 Å². The van der Waals surface area contributed by atoms with Crippen LogP contribution in [0.1, 0.15) is 55.7 Å². The van der Waals surface area contributed by atoms with Crippen LogP contribution in [0.4, 0.5) is 0 Å². The average Bonchev–Trinajstić information content (AvgIpc) is 3.29. The number of hydrogen-bond acceptors (Lipinski definition) is 3. The van der Waals surface area contributed by atoms with Gasteiger partial charge in [-0.2, -0.15) is 0 Å². The Labute approximate surface area is 201 Å². The van der Waals surface area contributed by atoms with Crippen LogP contribution < -0.4 is 5.32 Å². The number of fused-ring (bicyclic) bond motifs is 1. The number of unbranched alkanes of at least 4 members (excludes halogenated alkanes) is 1. The Morgan fingerprint density at radius 3 is 2.44 bits per heavy atom. The quantitative estimate of drug-likeness (QED) is 0.400. The Kier molecular flexibility index (Phi) is 7.96. The highest BCUT2D eigenvalue weighted by Crippen LogP contribution is 2.33. The molecule has 0 bridgehead atoms. The zero-order valence-electron chi connectivity index (χ0n) is 19.8. The zero-order chi connectivity index (χ0) is 23.9. The highest BCUT2D eigenvalue weighted by atomic mass is 16.4. The molecule has 5 nitrogen and oxygen atoms in total. The fourth-order valence-corrected chi connectivity index (χ4v) is 5.14. The van der Waals surface area contributed by atoms with Crippen molar-refractivity contribution in [2.24, 2.45) is 5.92 Å². The topological polar surface area (TPSA) is 69.6 Å². The second-order valence-corrected chi connectivity index (χ2v) is 9.38. The van der Waals surface area contributed by atoms with Gasteiger partial charge in [0.15, 0.2) is 0 Å². The van der Waals surface area contributed by atoms with E-state index in [0.29, 0.717) is 25.2 Å². The minimum Gasteiger partial charge on any atom is -0.481 e. The molecule has 1 heterocycles. The summed E-state index contributed by atoms with van der Waals surface area (Å²) < 4.78 is 0. The third-order valence-corrected chi connectivity index (χ3v) is 7.03. The van der Waals surface area contributed by atoms with Crippen LogP contribution in [0.25, 0.3) is 10.8 Å². The summed E-state index contributed by atoms with van der Waals surface area (Å²) >= 11 is 0. The average molecular weight is 459 g/mol. The van der Waals surface area contributed by atoms with E-state index in [0.717, 1.165) is 19.6 Å². The molecule has 34 heavy (non-hydrogen) atoms. The van der Waals surface area contributed by atoms with Crippen LogP contribution in [0.5, 0.6) is 0 Å². The number of carbonyl (C=O) groups excluding carboxylic acids is 1. The van der Waals surface area contributed by atoms with Gasteiger partial charge >= 0.3 is 5.97 Å². The summed E-state index contributed by atoms with van der Waals surface area (Å²) in [4.78, 5) is 25.6. The molecule has 1 saturated heterocycles. The third-order valence-electron chi connectivity index (χ3n) is 7.03. The van der Waals surface area contributed by atoms with Crippen molar-refractivity contribution in [2.45, 2.75) is 44.6 Å². The molecule has 4 rings (SSSR count). The lowest BCUT2D eigenvalue weighted by Gasteiger charge is -2.23. The largest absolute Gasteiger partial charge is 0.481 e. The number of benzene rings is 3. The Hall–Kier alpha value is -3.18. The van der Waals surface area contributed by atoms with Gasteiger partial charge < -0.3 is 15.3 Å². The number of amides is 1. The molecule has 3 aromatic carbocycles. The summed E-state index contributed by atoms with van der Waals surface area (Å²) in [5, 5.41) is 15.1. The predicted molar refractivity (Wildman–Crippen MR) is 136 cm³/mol. The summed E-state index contributed by atoms with van der Waals surface area (Å²) in [5.41, 5.74) is 2.56. The molecule has 0 radical (unpaired) electrons. The van der Waals surface area contributed by atoms with Crippen LogP contribution in [-0.2, 0) is 9.59 Å². The number of nitrogens with zero attached hydrogens (tertiary/aromatic N) is 1. The smallest absolute Gasteiger partial charge is 0.303 e. The second-order valence-electron chi connectivity index (χ2n) is 9.38. The van der Waals surface area contributed by atoms with Gasteiger partial charge in [0.1, 0.15) is 0 Å². The van der Waals surface area contributed by atoms with Crippen molar-refractivity contribution < 1.29 is 14.7 Å². The molecule has 3 aromatic rings. The number of aliphatic carboxylic acids is 1. The van der Waals surface area contributed by atoms with E-state index in [-0.39, 0.29) is 24.3 Å². The number of hydrogen-bond donors (Lipinski definition) is 2. The number of carbonyl (C=O) groups is 2. The van der Waals surface area contributed by atoms with Gasteiger partial charge in [0.05, 0.1) is 0 Å². The lowest BCUT2D eigenvalue weighted by Crippen LogP contribution is -2.31. The summed E-state index contributed by atoms with van der Waals surface area (Å²) in [6.45, 7) is 4.48. The van der Waals surface area contributed by atoms with Gasteiger partial charge in [0.25, 0.3) is 0 Å². The Balaban J connectivity index is 1.42. The SMILES string of the molecule is C[C@@H](NC[C@H]1CN(C(=O)CCCCC(=O)O)C[C@@H]1c1ccccc1)c1cccc2ccccc12. The highest BCUT2D eigenvalue weighted by molar-refractivity contribution is 5.86. The molecule has 178 valence electrons. The first kappa shape index (κ1) is 24.0. The minimum absolute atomic E-state index is 0.124. The minimum atomic E-state index is -0.802. The van der Waals surface area contributed by atoms with Crippen molar-refractivity contribution in [1.29, 1.82) is 0 Å². The van der Waals surface area contributed by atoms with Crippen molar-refractivity contribution in [1.82, 2.24) is 10.2 Å². The maximum atomic E-state index is 12.9. The van der Waals surface area contributed by atoms with Crippen LogP contribution in [0.2, 0.25) is 0 Å². The van der Waals surface area contributed by atoms with E-state index in [4.69, 9.17) is 5.11 Å². The monoisotopic (exact) mass is 458 g/mol. The van der Waals surface area contributed by atoms with Crippen LogP contribution in [0.3, 0.4) is 0 Å². The van der Waals surface area contributed by atoms with Crippen molar-refractivity contribution in [2.75, 3.05) is 19.6 Å². The lowest BCUT2D eigenvalue weighted by atomic mass is 9.88. The highest BCUT2D eigenvalue weighted by Gasteiger charge is 2.35. The van der Waals surface area contributed by atoms with E-state index in [1.807, 2.05) is 11.0 Å². The van der Waals surface area contributed by atoms with Gasteiger partial charge in [-0.3, -0.25) is 9.59 Å². The van der Waals surface area contributed by atoms with Crippen molar-refractivity contribution in [3.63, 3.8) is 0 Å². The first-order chi connectivity index (χ1) is 16.5. The Bertz CT molecular complexity index is 1110. The molecule has 0 unspecified atom stereocenters. The summed E-state index contributed by atoms with van der Waals surface area (Å²) in [5.74, 6) is -0.0562. The van der Waals surface area contributed by atoms with E-state index < -0.39 is 5.97 Å².